The minimum atomic E-state index is 0.588. The van der Waals surface area contributed by atoms with Gasteiger partial charge in [-0.25, -0.2) is 0 Å². The zero-order valence-corrected chi connectivity index (χ0v) is 9.01. The van der Waals surface area contributed by atoms with Crippen molar-refractivity contribution in [2.75, 3.05) is 0 Å². The van der Waals surface area contributed by atoms with Crippen molar-refractivity contribution in [3.63, 3.8) is 0 Å². The predicted octanol–water partition coefficient (Wildman–Crippen LogP) is 2.96. The Hall–Kier alpha value is -1.57. The van der Waals surface area contributed by atoms with Gasteiger partial charge in [-0.1, -0.05) is 32.7 Å². The maximum atomic E-state index is 5.73. The maximum Gasteiger partial charge on any atom is 0.0468 e. The Morgan fingerprint density at radius 1 is 1.36 bits per heavy atom. The first-order valence-electron chi connectivity index (χ1n) is 4.54. The SMILES string of the molecule is C=CC(N)=C(C=C)C(C)=NC(=C)CC. The predicted molar refractivity (Wildman–Crippen MR) is 64.1 cm³/mol. The molecule has 0 amide bonds. The Labute approximate surface area is 86.2 Å². The van der Waals surface area contributed by atoms with Crippen LogP contribution < -0.4 is 5.73 Å². The summed E-state index contributed by atoms with van der Waals surface area (Å²) in [6.07, 6.45) is 4.10. The molecule has 0 aliphatic heterocycles. The molecule has 0 atom stereocenters. The number of hydrogen-bond donors (Lipinski definition) is 1. The van der Waals surface area contributed by atoms with Gasteiger partial charge in [0.1, 0.15) is 0 Å². The number of aliphatic imine (C=N–C) groups is 1. The molecule has 0 saturated carbocycles. The summed E-state index contributed by atoms with van der Waals surface area (Å²) in [4.78, 5) is 4.30. The zero-order chi connectivity index (χ0) is 11.1. The second kappa shape index (κ2) is 5.97. The fourth-order valence-corrected chi connectivity index (χ4v) is 0.961. The first kappa shape index (κ1) is 12.4. The van der Waals surface area contributed by atoms with Gasteiger partial charge in [0.15, 0.2) is 0 Å². The molecular formula is C12H18N2. The van der Waals surface area contributed by atoms with E-state index in [1.807, 2.05) is 13.8 Å². The van der Waals surface area contributed by atoms with Crippen LogP contribution >= 0.6 is 0 Å². The minimum absolute atomic E-state index is 0.588. The Balaban J connectivity index is 5.07. The largest absolute Gasteiger partial charge is 0.398 e. The van der Waals surface area contributed by atoms with Gasteiger partial charge in [-0.2, -0.15) is 0 Å². The van der Waals surface area contributed by atoms with Crippen molar-refractivity contribution in [1.82, 2.24) is 0 Å². The number of nitrogens with zero attached hydrogens (tertiary/aromatic N) is 1. The fraction of sp³-hybridized carbons (Fsp3) is 0.250. The van der Waals surface area contributed by atoms with Crippen LogP contribution in [0.1, 0.15) is 20.3 Å². The van der Waals surface area contributed by atoms with Gasteiger partial charge >= 0.3 is 0 Å². The summed E-state index contributed by atoms with van der Waals surface area (Å²) in [5, 5.41) is 0. The van der Waals surface area contributed by atoms with Crippen molar-refractivity contribution in [3.05, 3.63) is 48.9 Å². The lowest BCUT2D eigenvalue weighted by Gasteiger charge is -2.05. The van der Waals surface area contributed by atoms with E-state index < -0.39 is 0 Å². The van der Waals surface area contributed by atoms with E-state index in [0.717, 1.165) is 23.4 Å². The number of allylic oxidation sites excluding steroid dienone is 4. The highest BCUT2D eigenvalue weighted by molar-refractivity contribution is 6.02. The molecule has 0 aliphatic rings. The molecule has 0 aromatic carbocycles. The summed E-state index contributed by atoms with van der Waals surface area (Å²) in [7, 11) is 0. The molecule has 0 radical (unpaired) electrons. The Kier molecular flexibility index (Phi) is 5.30. The van der Waals surface area contributed by atoms with Crippen LogP contribution in [0.3, 0.4) is 0 Å². The third kappa shape index (κ3) is 3.44. The average Bonchev–Trinajstić information content (AvgIpc) is 2.18. The number of hydrogen-bond acceptors (Lipinski definition) is 2. The van der Waals surface area contributed by atoms with E-state index in [9.17, 15) is 0 Å². The van der Waals surface area contributed by atoms with Crippen LogP contribution in [0.4, 0.5) is 0 Å². The Morgan fingerprint density at radius 3 is 2.29 bits per heavy atom. The summed E-state index contributed by atoms with van der Waals surface area (Å²) < 4.78 is 0. The molecule has 0 saturated heterocycles. The second-order valence-electron chi connectivity index (χ2n) is 2.89. The van der Waals surface area contributed by atoms with E-state index >= 15 is 0 Å². The molecular weight excluding hydrogens is 172 g/mol. The molecule has 2 N–H and O–H groups in total. The van der Waals surface area contributed by atoms with Gasteiger partial charge in [0.05, 0.1) is 0 Å². The van der Waals surface area contributed by atoms with Crippen LogP contribution in [-0.4, -0.2) is 5.71 Å². The van der Waals surface area contributed by atoms with E-state index in [4.69, 9.17) is 5.73 Å². The maximum absolute atomic E-state index is 5.73. The van der Waals surface area contributed by atoms with Crippen LogP contribution in [0, 0.1) is 0 Å². The van der Waals surface area contributed by atoms with Gasteiger partial charge in [-0.3, -0.25) is 4.99 Å². The van der Waals surface area contributed by atoms with Crippen LogP contribution in [0.15, 0.2) is 53.8 Å². The third-order valence-electron chi connectivity index (χ3n) is 1.86. The van der Waals surface area contributed by atoms with Crippen molar-refractivity contribution >= 4 is 5.71 Å². The van der Waals surface area contributed by atoms with Crippen LogP contribution in [0.5, 0.6) is 0 Å². The van der Waals surface area contributed by atoms with Gasteiger partial charge in [0.25, 0.3) is 0 Å². The van der Waals surface area contributed by atoms with Crippen LogP contribution in [0.2, 0.25) is 0 Å². The summed E-state index contributed by atoms with van der Waals surface area (Å²) in [6.45, 7) is 15.0. The third-order valence-corrected chi connectivity index (χ3v) is 1.86. The summed E-state index contributed by atoms with van der Waals surface area (Å²) in [6, 6.07) is 0. The highest BCUT2D eigenvalue weighted by Gasteiger charge is 2.01. The van der Waals surface area contributed by atoms with Gasteiger partial charge in [0, 0.05) is 22.7 Å². The van der Waals surface area contributed by atoms with E-state index in [1.54, 1.807) is 12.2 Å². The molecule has 0 aliphatic carbocycles. The van der Waals surface area contributed by atoms with Gasteiger partial charge < -0.3 is 5.73 Å². The molecule has 76 valence electrons. The van der Waals surface area contributed by atoms with Crippen molar-refractivity contribution in [2.24, 2.45) is 10.7 Å². The lowest BCUT2D eigenvalue weighted by Crippen LogP contribution is -2.05. The van der Waals surface area contributed by atoms with Crippen molar-refractivity contribution < 1.29 is 0 Å². The lowest BCUT2D eigenvalue weighted by molar-refractivity contribution is 1.08. The van der Waals surface area contributed by atoms with Gasteiger partial charge in [-0.15, -0.1) is 0 Å². The highest BCUT2D eigenvalue weighted by Crippen LogP contribution is 2.08. The summed E-state index contributed by atoms with van der Waals surface area (Å²) >= 11 is 0. The highest BCUT2D eigenvalue weighted by atomic mass is 14.8. The molecule has 0 heterocycles. The average molecular weight is 190 g/mol. The van der Waals surface area contributed by atoms with Crippen molar-refractivity contribution in [2.45, 2.75) is 20.3 Å². The molecule has 0 aromatic rings. The molecule has 0 bridgehead atoms. The molecule has 2 nitrogen and oxygen atoms in total. The van der Waals surface area contributed by atoms with E-state index in [2.05, 4.69) is 24.7 Å². The first-order chi connectivity index (χ1) is 6.56. The molecule has 0 unspecified atom stereocenters. The van der Waals surface area contributed by atoms with E-state index in [0.29, 0.717) is 5.70 Å². The Morgan fingerprint density at radius 2 is 1.93 bits per heavy atom. The molecule has 14 heavy (non-hydrogen) atoms. The standard InChI is InChI=1S/C12H18N2/c1-6-9(4)14-10(5)11(7-2)12(13)8-3/h7-8H,2-4,6,13H2,1,5H3. The van der Waals surface area contributed by atoms with Crippen molar-refractivity contribution in [1.29, 1.82) is 0 Å². The smallest absolute Gasteiger partial charge is 0.0468 e. The Bertz CT molecular complexity index is 306. The second-order valence-corrected chi connectivity index (χ2v) is 2.89. The molecule has 0 fully saturated rings. The molecule has 0 rings (SSSR count). The zero-order valence-electron chi connectivity index (χ0n) is 9.01. The topological polar surface area (TPSA) is 38.4 Å². The number of rotatable bonds is 5. The first-order valence-corrected chi connectivity index (χ1v) is 4.54. The molecule has 2 heteroatoms. The molecule has 0 aromatic heterocycles. The van der Waals surface area contributed by atoms with Crippen LogP contribution in [0.25, 0.3) is 0 Å². The normalized spacial score (nSPS) is 13.1. The van der Waals surface area contributed by atoms with E-state index in [1.165, 1.54) is 0 Å². The number of nitrogens with two attached hydrogens (primary N) is 1. The minimum Gasteiger partial charge on any atom is -0.398 e. The van der Waals surface area contributed by atoms with Gasteiger partial charge in [0.2, 0.25) is 0 Å². The van der Waals surface area contributed by atoms with Crippen LogP contribution in [-0.2, 0) is 0 Å². The van der Waals surface area contributed by atoms with Gasteiger partial charge in [-0.05, 0) is 19.4 Å². The molecule has 0 spiro atoms. The monoisotopic (exact) mass is 190 g/mol. The lowest BCUT2D eigenvalue weighted by atomic mass is 10.1. The summed E-state index contributed by atoms with van der Waals surface area (Å²) in [5.41, 5.74) is 8.78. The summed E-state index contributed by atoms with van der Waals surface area (Å²) in [5.74, 6) is 0. The van der Waals surface area contributed by atoms with E-state index in [-0.39, 0.29) is 0 Å². The fourth-order valence-electron chi connectivity index (χ4n) is 0.961. The quantitative estimate of drug-likeness (QED) is 0.525. The van der Waals surface area contributed by atoms with Crippen molar-refractivity contribution in [3.8, 4) is 0 Å².